The summed E-state index contributed by atoms with van der Waals surface area (Å²) in [6.45, 7) is 2.55. The fourth-order valence-corrected chi connectivity index (χ4v) is 2.43. The summed E-state index contributed by atoms with van der Waals surface area (Å²) in [5, 5.41) is 1.72. The first-order chi connectivity index (χ1) is 9.17. The fourth-order valence-electron chi connectivity index (χ4n) is 2.24. The van der Waals surface area contributed by atoms with Gasteiger partial charge in [0, 0.05) is 22.5 Å². The summed E-state index contributed by atoms with van der Waals surface area (Å²) in [7, 11) is 0. The van der Waals surface area contributed by atoms with Crippen LogP contribution in [0.25, 0.3) is 22.3 Å². The molecule has 0 bridgehead atoms. The first kappa shape index (κ1) is 12.3. The molecule has 3 heteroatoms. The van der Waals surface area contributed by atoms with Crippen LogP contribution in [0.3, 0.4) is 0 Å². The van der Waals surface area contributed by atoms with E-state index < -0.39 is 0 Å². The number of nitrogens with two attached hydrogens (primary N) is 1. The molecular formula is C16H14ClNO. The van der Waals surface area contributed by atoms with Crippen molar-refractivity contribution in [2.75, 3.05) is 0 Å². The Morgan fingerprint density at radius 3 is 2.74 bits per heavy atom. The monoisotopic (exact) mass is 271 g/mol. The van der Waals surface area contributed by atoms with Crippen molar-refractivity contribution in [2.24, 2.45) is 5.73 Å². The molecule has 0 aliphatic rings. The summed E-state index contributed by atoms with van der Waals surface area (Å²) in [5.41, 5.74) is 9.95. The molecule has 2 N–H and O–H groups in total. The minimum atomic E-state index is 0.493. The maximum atomic E-state index is 6.00. The Morgan fingerprint density at radius 2 is 1.95 bits per heavy atom. The van der Waals surface area contributed by atoms with Crippen LogP contribution in [0.4, 0.5) is 0 Å². The molecule has 3 rings (SSSR count). The lowest BCUT2D eigenvalue weighted by Crippen LogP contribution is -1.98. The zero-order chi connectivity index (χ0) is 13.4. The molecule has 19 heavy (non-hydrogen) atoms. The lowest BCUT2D eigenvalue weighted by molar-refractivity contribution is 0.630. The van der Waals surface area contributed by atoms with E-state index in [0.29, 0.717) is 11.6 Å². The molecule has 2 aromatic carbocycles. The Hall–Kier alpha value is -1.77. The van der Waals surface area contributed by atoms with E-state index in [9.17, 15) is 0 Å². The van der Waals surface area contributed by atoms with E-state index in [4.69, 9.17) is 21.8 Å². The van der Waals surface area contributed by atoms with Crippen molar-refractivity contribution in [1.82, 2.24) is 0 Å². The highest BCUT2D eigenvalue weighted by Crippen LogP contribution is 2.32. The van der Waals surface area contributed by atoms with Gasteiger partial charge < -0.3 is 10.2 Å². The molecule has 0 radical (unpaired) electrons. The van der Waals surface area contributed by atoms with E-state index in [0.717, 1.165) is 27.9 Å². The van der Waals surface area contributed by atoms with E-state index in [2.05, 4.69) is 19.1 Å². The number of rotatable bonds is 2. The van der Waals surface area contributed by atoms with Crippen LogP contribution in [-0.2, 0) is 6.54 Å². The highest BCUT2D eigenvalue weighted by atomic mass is 35.5. The van der Waals surface area contributed by atoms with Crippen LogP contribution in [0.2, 0.25) is 5.02 Å². The normalized spacial score (nSPS) is 11.1. The number of benzene rings is 2. The Kier molecular flexibility index (Phi) is 3.05. The van der Waals surface area contributed by atoms with Crippen molar-refractivity contribution in [1.29, 1.82) is 0 Å². The van der Waals surface area contributed by atoms with Gasteiger partial charge in [-0.15, -0.1) is 0 Å². The van der Waals surface area contributed by atoms with Gasteiger partial charge in [-0.25, -0.2) is 0 Å². The maximum absolute atomic E-state index is 6.00. The predicted molar refractivity (Wildman–Crippen MR) is 79.3 cm³/mol. The third-order valence-electron chi connectivity index (χ3n) is 3.23. The largest absolute Gasteiger partial charge is 0.456 e. The highest BCUT2D eigenvalue weighted by molar-refractivity contribution is 6.31. The number of halogens is 1. The van der Waals surface area contributed by atoms with E-state index >= 15 is 0 Å². The number of hydrogen-bond acceptors (Lipinski definition) is 2. The van der Waals surface area contributed by atoms with Crippen LogP contribution in [0, 0.1) is 6.92 Å². The third-order valence-corrected chi connectivity index (χ3v) is 3.46. The lowest BCUT2D eigenvalue weighted by atomic mass is 10.0. The summed E-state index contributed by atoms with van der Waals surface area (Å²) in [6.07, 6.45) is 0. The summed E-state index contributed by atoms with van der Waals surface area (Å²) in [4.78, 5) is 0. The van der Waals surface area contributed by atoms with E-state index in [-0.39, 0.29) is 0 Å². The Bertz CT molecular complexity index is 746. The van der Waals surface area contributed by atoms with E-state index in [1.54, 1.807) is 0 Å². The molecule has 0 aliphatic carbocycles. The van der Waals surface area contributed by atoms with Crippen LogP contribution in [0.15, 0.2) is 46.9 Å². The number of furan rings is 1. The molecule has 0 saturated heterocycles. The SMILES string of the molecule is Cc1ccc(CN)c(-c2cc3cc(Cl)ccc3o2)c1. The van der Waals surface area contributed by atoms with Crippen molar-refractivity contribution >= 4 is 22.6 Å². The van der Waals surface area contributed by atoms with Gasteiger partial charge in [-0.1, -0.05) is 29.3 Å². The Morgan fingerprint density at radius 1 is 1.11 bits per heavy atom. The molecule has 1 aromatic heterocycles. The maximum Gasteiger partial charge on any atom is 0.135 e. The second-order valence-corrected chi connectivity index (χ2v) is 5.09. The molecule has 2 nitrogen and oxygen atoms in total. The van der Waals surface area contributed by atoms with E-state index in [1.165, 1.54) is 5.56 Å². The first-order valence-electron chi connectivity index (χ1n) is 6.16. The highest BCUT2D eigenvalue weighted by Gasteiger charge is 2.10. The average Bonchev–Trinajstić information content (AvgIpc) is 2.81. The van der Waals surface area contributed by atoms with Crippen LogP contribution >= 0.6 is 11.6 Å². The molecule has 1 heterocycles. The third kappa shape index (κ3) is 2.25. The average molecular weight is 272 g/mol. The molecule has 0 aliphatic heterocycles. The van der Waals surface area contributed by atoms with Gasteiger partial charge in [-0.3, -0.25) is 0 Å². The molecule has 0 spiro atoms. The Balaban J connectivity index is 2.21. The summed E-state index contributed by atoms with van der Waals surface area (Å²) >= 11 is 6.00. The molecule has 0 saturated carbocycles. The second-order valence-electron chi connectivity index (χ2n) is 4.66. The number of hydrogen-bond donors (Lipinski definition) is 1. The molecule has 0 atom stereocenters. The van der Waals surface area contributed by atoms with Gasteiger partial charge in [0.1, 0.15) is 11.3 Å². The fraction of sp³-hybridized carbons (Fsp3) is 0.125. The van der Waals surface area contributed by atoms with Crippen LogP contribution in [0.5, 0.6) is 0 Å². The van der Waals surface area contributed by atoms with Crippen LogP contribution in [-0.4, -0.2) is 0 Å². The molecule has 0 fully saturated rings. The summed E-state index contributed by atoms with van der Waals surface area (Å²) < 4.78 is 5.89. The van der Waals surface area contributed by atoms with Crippen molar-refractivity contribution in [3.8, 4) is 11.3 Å². The minimum absolute atomic E-state index is 0.493. The van der Waals surface area contributed by atoms with Gasteiger partial charge in [-0.05, 0) is 42.8 Å². The molecule has 0 unspecified atom stereocenters. The summed E-state index contributed by atoms with van der Waals surface area (Å²) in [5.74, 6) is 0.835. The standard InChI is InChI=1S/C16H14ClNO/c1-10-2-3-11(9-18)14(6-10)16-8-12-7-13(17)4-5-15(12)19-16/h2-8H,9,18H2,1H3. The van der Waals surface area contributed by atoms with Crippen LogP contribution < -0.4 is 5.73 Å². The number of aryl methyl sites for hydroxylation is 1. The van der Waals surface area contributed by atoms with Gasteiger partial charge in [0.25, 0.3) is 0 Å². The van der Waals surface area contributed by atoms with Crippen molar-refractivity contribution in [3.63, 3.8) is 0 Å². The molecule has 0 amide bonds. The zero-order valence-electron chi connectivity index (χ0n) is 10.6. The van der Waals surface area contributed by atoms with Crippen molar-refractivity contribution in [2.45, 2.75) is 13.5 Å². The van der Waals surface area contributed by atoms with Crippen molar-refractivity contribution in [3.05, 3.63) is 58.6 Å². The Labute approximate surface area is 116 Å². The first-order valence-corrected chi connectivity index (χ1v) is 6.54. The van der Waals surface area contributed by atoms with Gasteiger partial charge >= 0.3 is 0 Å². The summed E-state index contributed by atoms with van der Waals surface area (Å²) in [6, 6.07) is 13.8. The van der Waals surface area contributed by atoms with Gasteiger partial charge in [0.05, 0.1) is 0 Å². The smallest absolute Gasteiger partial charge is 0.135 e. The number of fused-ring (bicyclic) bond motifs is 1. The van der Waals surface area contributed by atoms with Crippen molar-refractivity contribution < 1.29 is 4.42 Å². The zero-order valence-corrected chi connectivity index (χ0v) is 11.4. The second kappa shape index (κ2) is 4.72. The van der Waals surface area contributed by atoms with Gasteiger partial charge in [0.2, 0.25) is 0 Å². The quantitative estimate of drug-likeness (QED) is 0.744. The molecule has 3 aromatic rings. The van der Waals surface area contributed by atoms with Gasteiger partial charge in [-0.2, -0.15) is 0 Å². The van der Waals surface area contributed by atoms with Gasteiger partial charge in [0.15, 0.2) is 0 Å². The van der Waals surface area contributed by atoms with Crippen LogP contribution in [0.1, 0.15) is 11.1 Å². The van der Waals surface area contributed by atoms with E-state index in [1.807, 2.05) is 30.3 Å². The lowest BCUT2D eigenvalue weighted by Gasteiger charge is -2.05. The molecule has 96 valence electrons. The molecular weight excluding hydrogens is 258 g/mol. The predicted octanol–water partition coefficient (Wildman–Crippen LogP) is 4.52. The minimum Gasteiger partial charge on any atom is -0.456 e. The topological polar surface area (TPSA) is 39.2 Å².